The van der Waals surface area contributed by atoms with Crippen LogP contribution < -0.4 is 14.2 Å². The van der Waals surface area contributed by atoms with Gasteiger partial charge in [0, 0.05) is 49.7 Å². The standard InChI is InChI=1S/C32H33N3O5/c1-22-28(21-29(23-9-6-5-7-10-23)35(22)24-11-8-12-25(19-24)38-2)32(37)34-17-15-33(16-18-34)31(36)27-14-13-26(39-3)20-30(27)40-4/h5-14,19-21H,15-18H2,1-4H3. The van der Waals surface area contributed by atoms with Gasteiger partial charge in [0.2, 0.25) is 0 Å². The van der Waals surface area contributed by atoms with Crippen LogP contribution in [-0.2, 0) is 0 Å². The van der Waals surface area contributed by atoms with Gasteiger partial charge in [-0.2, -0.15) is 0 Å². The Hall–Kier alpha value is -4.72. The lowest BCUT2D eigenvalue weighted by molar-refractivity contribution is 0.0533. The van der Waals surface area contributed by atoms with Crippen LogP contribution in [0.2, 0.25) is 0 Å². The van der Waals surface area contributed by atoms with E-state index in [-0.39, 0.29) is 11.8 Å². The van der Waals surface area contributed by atoms with Crippen molar-refractivity contribution in [3.8, 4) is 34.2 Å². The van der Waals surface area contributed by atoms with E-state index in [9.17, 15) is 9.59 Å². The molecule has 0 radical (unpaired) electrons. The molecule has 1 fully saturated rings. The lowest BCUT2D eigenvalue weighted by Gasteiger charge is -2.35. The second-order valence-corrected chi connectivity index (χ2v) is 9.58. The fourth-order valence-corrected chi connectivity index (χ4v) is 5.16. The van der Waals surface area contributed by atoms with E-state index in [1.807, 2.05) is 72.5 Å². The molecule has 2 amide bonds. The number of aromatic nitrogens is 1. The molecule has 4 aromatic rings. The van der Waals surface area contributed by atoms with Crippen molar-refractivity contribution in [2.24, 2.45) is 0 Å². The number of amides is 2. The molecular formula is C32H33N3O5. The number of hydrogen-bond acceptors (Lipinski definition) is 5. The molecule has 0 aliphatic carbocycles. The highest BCUT2D eigenvalue weighted by molar-refractivity contribution is 5.99. The number of benzene rings is 3. The predicted octanol–water partition coefficient (Wildman–Crippen LogP) is 5.08. The van der Waals surface area contributed by atoms with E-state index in [2.05, 4.69) is 4.57 Å². The molecule has 0 N–H and O–H groups in total. The summed E-state index contributed by atoms with van der Waals surface area (Å²) in [4.78, 5) is 30.7. The monoisotopic (exact) mass is 539 g/mol. The van der Waals surface area contributed by atoms with E-state index in [1.54, 1.807) is 37.3 Å². The molecule has 8 nitrogen and oxygen atoms in total. The predicted molar refractivity (Wildman–Crippen MR) is 154 cm³/mol. The quantitative estimate of drug-likeness (QED) is 0.328. The number of carbonyl (C=O) groups excluding carboxylic acids is 2. The van der Waals surface area contributed by atoms with Gasteiger partial charge in [-0.25, -0.2) is 0 Å². The van der Waals surface area contributed by atoms with Crippen molar-refractivity contribution in [2.75, 3.05) is 47.5 Å². The van der Waals surface area contributed by atoms with Crippen LogP contribution in [0.5, 0.6) is 17.2 Å². The number of hydrogen-bond donors (Lipinski definition) is 0. The molecule has 5 rings (SSSR count). The minimum atomic E-state index is -0.127. The topological polar surface area (TPSA) is 73.2 Å². The number of carbonyl (C=O) groups is 2. The van der Waals surface area contributed by atoms with Crippen LogP contribution in [0.4, 0.5) is 0 Å². The van der Waals surface area contributed by atoms with Gasteiger partial charge in [-0.3, -0.25) is 9.59 Å². The molecule has 3 aromatic carbocycles. The average molecular weight is 540 g/mol. The summed E-state index contributed by atoms with van der Waals surface area (Å²) >= 11 is 0. The van der Waals surface area contributed by atoms with E-state index >= 15 is 0 Å². The Kier molecular flexibility index (Phi) is 7.77. The summed E-state index contributed by atoms with van der Waals surface area (Å²) in [5.41, 5.74) is 4.81. The molecule has 8 heteroatoms. The highest BCUT2D eigenvalue weighted by Gasteiger charge is 2.29. The molecule has 40 heavy (non-hydrogen) atoms. The maximum atomic E-state index is 13.8. The van der Waals surface area contributed by atoms with E-state index in [4.69, 9.17) is 14.2 Å². The molecule has 0 atom stereocenters. The number of nitrogens with zero attached hydrogens (tertiary/aromatic N) is 3. The molecule has 0 spiro atoms. The molecular weight excluding hydrogens is 506 g/mol. The summed E-state index contributed by atoms with van der Waals surface area (Å²) in [6.07, 6.45) is 0. The smallest absolute Gasteiger partial charge is 0.257 e. The first-order valence-electron chi connectivity index (χ1n) is 13.2. The van der Waals surface area contributed by atoms with Gasteiger partial charge in [-0.15, -0.1) is 0 Å². The van der Waals surface area contributed by atoms with Crippen molar-refractivity contribution >= 4 is 11.8 Å². The first-order valence-corrected chi connectivity index (χ1v) is 13.2. The third-order valence-corrected chi connectivity index (χ3v) is 7.35. The summed E-state index contributed by atoms with van der Waals surface area (Å²) in [5.74, 6) is 1.65. The van der Waals surface area contributed by atoms with Crippen LogP contribution in [0.25, 0.3) is 16.9 Å². The number of piperazine rings is 1. The summed E-state index contributed by atoms with van der Waals surface area (Å²) in [6, 6.07) is 25.0. The lowest BCUT2D eigenvalue weighted by atomic mass is 10.1. The fraction of sp³-hybridized carbons (Fsp3) is 0.250. The molecule has 0 saturated carbocycles. The molecule has 2 heterocycles. The Balaban J connectivity index is 1.39. The van der Waals surface area contributed by atoms with Crippen LogP contribution in [0.3, 0.4) is 0 Å². The van der Waals surface area contributed by atoms with Crippen molar-refractivity contribution in [1.29, 1.82) is 0 Å². The van der Waals surface area contributed by atoms with Crippen LogP contribution in [0.15, 0.2) is 78.9 Å². The maximum absolute atomic E-state index is 13.8. The Morgan fingerprint density at radius 1 is 0.650 bits per heavy atom. The van der Waals surface area contributed by atoms with E-state index < -0.39 is 0 Å². The third kappa shape index (κ3) is 5.12. The molecule has 1 aromatic heterocycles. The van der Waals surface area contributed by atoms with Crippen LogP contribution >= 0.6 is 0 Å². The molecule has 206 valence electrons. The highest BCUT2D eigenvalue weighted by atomic mass is 16.5. The third-order valence-electron chi connectivity index (χ3n) is 7.35. The van der Waals surface area contributed by atoms with E-state index in [1.165, 1.54) is 7.11 Å². The van der Waals surface area contributed by atoms with Gasteiger partial charge in [-0.1, -0.05) is 36.4 Å². The maximum Gasteiger partial charge on any atom is 0.257 e. The molecule has 1 aliphatic rings. The first kappa shape index (κ1) is 26.9. The lowest BCUT2D eigenvalue weighted by Crippen LogP contribution is -2.50. The van der Waals surface area contributed by atoms with Crippen LogP contribution in [0.1, 0.15) is 26.4 Å². The van der Waals surface area contributed by atoms with Gasteiger partial charge in [-0.05, 0) is 42.8 Å². The average Bonchev–Trinajstić information content (AvgIpc) is 3.37. The van der Waals surface area contributed by atoms with Crippen molar-refractivity contribution in [2.45, 2.75) is 6.92 Å². The van der Waals surface area contributed by atoms with Crippen molar-refractivity contribution < 1.29 is 23.8 Å². The van der Waals surface area contributed by atoms with E-state index in [0.717, 1.165) is 28.4 Å². The molecule has 1 aliphatic heterocycles. The molecule has 0 unspecified atom stereocenters. The fourth-order valence-electron chi connectivity index (χ4n) is 5.16. The summed E-state index contributed by atoms with van der Waals surface area (Å²) in [7, 11) is 4.75. The summed E-state index contributed by atoms with van der Waals surface area (Å²) < 4.78 is 18.2. The highest BCUT2D eigenvalue weighted by Crippen LogP contribution is 2.32. The Labute approximate surface area is 234 Å². The minimum Gasteiger partial charge on any atom is -0.497 e. The Morgan fingerprint density at radius 2 is 1.27 bits per heavy atom. The van der Waals surface area contributed by atoms with Gasteiger partial charge in [0.15, 0.2) is 0 Å². The largest absolute Gasteiger partial charge is 0.497 e. The summed E-state index contributed by atoms with van der Waals surface area (Å²) in [6.45, 7) is 3.71. The zero-order valence-corrected chi connectivity index (χ0v) is 23.2. The molecule has 0 bridgehead atoms. The van der Waals surface area contributed by atoms with Gasteiger partial charge >= 0.3 is 0 Å². The normalized spacial score (nSPS) is 13.2. The van der Waals surface area contributed by atoms with Gasteiger partial charge in [0.1, 0.15) is 17.2 Å². The van der Waals surface area contributed by atoms with Gasteiger partial charge in [0.25, 0.3) is 11.8 Å². The minimum absolute atomic E-state index is 0.0505. The van der Waals surface area contributed by atoms with Crippen molar-refractivity contribution in [3.63, 3.8) is 0 Å². The van der Waals surface area contributed by atoms with Crippen LogP contribution in [-0.4, -0.2) is 73.7 Å². The number of ether oxygens (including phenoxy) is 3. The second kappa shape index (κ2) is 11.6. The van der Waals surface area contributed by atoms with E-state index in [0.29, 0.717) is 48.8 Å². The first-order chi connectivity index (χ1) is 19.4. The summed E-state index contributed by atoms with van der Waals surface area (Å²) in [5, 5.41) is 0. The zero-order chi connectivity index (χ0) is 28.2. The number of rotatable bonds is 7. The van der Waals surface area contributed by atoms with Gasteiger partial charge < -0.3 is 28.6 Å². The Morgan fingerprint density at radius 3 is 1.90 bits per heavy atom. The van der Waals surface area contributed by atoms with Crippen LogP contribution in [0, 0.1) is 6.92 Å². The number of methoxy groups -OCH3 is 3. The molecule has 1 saturated heterocycles. The van der Waals surface area contributed by atoms with Crippen molar-refractivity contribution in [1.82, 2.24) is 14.4 Å². The Bertz CT molecular complexity index is 1520. The SMILES string of the molecule is COc1cccc(-n2c(-c3ccccc3)cc(C(=O)N3CCN(C(=O)c4ccc(OC)cc4OC)CC3)c2C)c1. The second-order valence-electron chi connectivity index (χ2n) is 9.58. The van der Waals surface area contributed by atoms with Gasteiger partial charge in [0.05, 0.1) is 38.2 Å². The van der Waals surface area contributed by atoms with Crippen molar-refractivity contribution in [3.05, 3.63) is 95.7 Å². The zero-order valence-electron chi connectivity index (χ0n) is 23.2.